The minimum Gasteiger partial charge on any atom is -0.385 e. The molecule has 0 amide bonds. The lowest BCUT2D eigenvalue weighted by atomic mass is 10.1. The molecule has 1 nitrogen and oxygen atoms in total. The monoisotopic (exact) mass is 260 g/mol. The van der Waals surface area contributed by atoms with Crippen LogP contribution in [0.4, 0.5) is 0 Å². The topological polar surface area (TPSA) is 9.23 Å². The fraction of sp³-hybridized carbons (Fsp3) is 0.538. The van der Waals surface area contributed by atoms with Gasteiger partial charge in [-0.15, -0.1) is 0 Å². The van der Waals surface area contributed by atoms with E-state index in [1.807, 2.05) is 19.1 Å². The Kier molecular flexibility index (Phi) is 6.18. The first-order chi connectivity index (χ1) is 7.65. The molecule has 0 spiro atoms. The van der Waals surface area contributed by atoms with Gasteiger partial charge in [0.15, 0.2) is 0 Å². The standard InChI is InChI=1S/C13H18Cl2O/c1-10-8-12(14)11(13(15)9-10)6-4-3-5-7-16-2/h8-9H,3-7H2,1-2H3. The third kappa shape index (κ3) is 4.32. The number of unbranched alkanes of at least 4 members (excludes halogenated alkanes) is 2. The van der Waals surface area contributed by atoms with Crippen molar-refractivity contribution in [3.05, 3.63) is 33.3 Å². The van der Waals surface area contributed by atoms with Gasteiger partial charge in [0.05, 0.1) is 0 Å². The molecule has 0 aromatic heterocycles. The quantitative estimate of drug-likeness (QED) is 0.676. The van der Waals surface area contributed by atoms with Crippen LogP contribution in [-0.4, -0.2) is 13.7 Å². The SMILES string of the molecule is COCCCCCc1c(Cl)cc(C)cc1Cl. The van der Waals surface area contributed by atoms with Gasteiger partial charge >= 0.3 is 0 Å². The lowest BCUT2D eigenvalue weighted by Gasteiger charge is -2.08. The van der Waals surface area contributed by atoms with Crippen molar-refractivity contribution in [1.29, 1.82) is 0 Å². The van der Waals surface area contributed by atoms with E-state index in [-0.39, 0.29) is 0 Å². The Morgan fingerprint density at radius 1 is 1.06 bits per heavy atom. The normalized spacial score (nSPS) is 10.8. The highest BCUT2D eigenvalue weighted by molar-refractivity contribution is 6.36. The van der Waals surface area contributed by atoms with Gasteiger partial charge in [0, 0.05) is 23.8 Å². The van der Waals surface area contributed by atoms with Crippen LogP contribution in [0.1, 0.15) is 30.4 Å². The Morgan fingerprint density at radius 3 is 2.25 bits per heavy atom. The molecule has 0 saturated carbocycles. The molecular weight excluding hydrogens is 243 g/mol. The van der Waals surface area contributed by atoms with Crippen molar-refractivity contribution in [3.63, 3.8) is 0 Å². The molecule has 0 unspecified atom stereocenters. The van der Waals surface area contributed by atoms with Crippen molar-refractivity contribution < 1.29 is 4.74 Å². The molecule has 0 heterocycles. The van der Waals surface area contributed by atoms with Crippen molar-refractivity contribution in [3.8, 4) is 0 Å². The molecule has 0 fully saturated rings. The summed E-state index contributed by atoms with van der Waals surface area (Å²) in [6, 6.07) is 3.94. The predicted molar refractivity (Wildman–Crippen MR) is 70.6 cm³/mol. The van der Waals surface area contributed by atoms with E-state index in [9.17, 15) is 0 Å². The minimum absolute atomic E-state index is 0.789. The smallest absolute Gasteiger partial charge is 0.0462 e. The lowest BCUT2D eigenvalue weighted by Crippen LogP contribution is -1.93. The molecule has 1 aromatic carbocycles. The van der Waals surface area contributed by atoms with Crippen molar-refractivity contribution in [2.75, 3.05) is 13.7 Å². The first kappa shape index (κ1) is 13.8. The van der Waals surface area contributed by atoms with Crippen molar-refractivity contribution in [1.82, 2.24) is 0 Å². The Hall–Kier alpha value is -0.240. The number of hydrogen-bond donors (Lipinski definition) is 0. The molecule has 0 atom stereocenters. The fourth-order valence-corrected chi connectivity index (χ4v) is 2.48. The highest BCUT2D eigenvalue weighted by Gasteiger charge is 2.06. The van der Waals surface area contributed by atoms with Gasteiger partial charge in [-0.1, -0.05) is 29.6 Å². The maximum Gasteiger partial charge on any atom is 0.0462 e. The number of halogens is 2. The predicted octanol–water partition coefficient (Wildman–Crippen LogP) is 4.66. The van der Waals surface area contributed by atoms with E-state index in [2.05, 4.69) is 0 Å². The molecule has 90 valence electrons. The van der Waals surface area contributed by atoms with E-state index < -0.39 is 0 Å². The second-order valence-electron chi connectivity index (χ2n) is 4.01. The summed E-state index contributed by atoms with van der Waals surface area (Å²) in [5.41, 5.74) is 2.18. The summed E-state index contributed by atoms with van der Waals surface area (Å²) < 4.78 is 5.01. The summed E-state index contributed by atoms with van der Waals surface area (Å²) in [5.74, 6) is 0. The highest BCUT2D eigenvalue weighted by atomic mass is 35.5. The Balaban J connectivity index is 2.47. The van der Waals surface area contributed by atoms with E-state index in [0.29, 0.717) is 0 Å². The van der Waals surface area contributed by atoms with Gasteiger partial charge in [-0.2, -0.15) is 0 Å². The molecule has 0 aliphatic heterocycles. The van der Waals surface area contributed by atoms with E-state index in [4.69, 9.17) is 27.9 Å². The van der Waals surface area contributed by atoms with E-state index >= 15 is 0 Å². The van der Waals surface area contributed by atoms with Gasteiger partial charge in [-0.25, -0.2) is 0 Å². The zero-order valence-electron chi connectivity index (χ0n) is 9.85. The third-order valence-corrected chi connectivity index (χ3v) is 3.24. The maximum absolute atomic E-state index is 6.17. The van der Waals surface area contributed by atoms with Crippen LogP contribution in [0.3, 0.4) is 0 Å². The van der Waals surface area contributed by atoms with Crippen LogP contribution in [0.25, 0.3) is 0 Å². The molecule has 0 saturated heterocycles. The number of hydrogen-bond acceptors (Lipinski definition) is 1. The molecule has 1 rings (SSSR count). The van der Waals surface area contributed by atoms with Crippen molar-refractivity contribution >= 4 is 23.2 Å². The minimum atomic E-state index is 0.789. The molecule has 0 aliphatic carbocycles. The van der Waals surface area contributed by atoms with Crippen LogP contribution in [0.15, 0.2) is 12.1 Å². The first-order valence-corrected chi connectivity index (χ1v) is 6.34. The summed E-state index contributed by atoms with van der Waals surface area (Å²) in [6.45, 7) is 2.83. The summed E-state index contributed by atoms with van der Waals surface area (Å²) in [5, 5.41) is 1.58. The van der Waals surface area contributed by atoms with E-state index in [0.717, 1.165) is 53.5 Å². The fourth-order valence-electron chi connectivity index (χ4n) is 1.69. The molecular formula is C13H18Cl2O. The molecule has 0 radical (unpaired) electrons. The van der Waals surface area contributed by atoms with Gasteiger partial charge in [0.25, 0.3) is 0 Å². The largest absolute Gasteiger partial charge is 0.385 e. The summed E-state index contributed by atoms with van der Waals surface area (Å²) in [6.07, 6.45) is 4.29. The van der Waals surface area contributed by atoms with E-state index in [1.165, 1.54) is 0 Å². The number of methoxy groups -OCH3 is 1. The van der Waals surface area contributed by atoms with Crippen LogP contribution < -0.4 is 0 Å². The van der Waals surface area contributed by atoms with Gasteiger partial charge in [-0.3, -0.25) is 0 Å². The lowest BCUT2D eigenvalue weighted by molar-refractivity contribution is 0.192. The van der Waals surface area contributed by atoms with Crippen LogP contribution in [0.5, 0.6) is 0 Å². The summed E-state index contributed by atoms with van der Waals surface area (Å²) in [7, 11) is 1.73. The Morgan fingerprint density at radius 2 is 1.69 bits per heavy atom. The van der Waals surface area contributed by atoms with Gasteiger partial charge in [-0.05, 0) is 49.4 Å². The van der Waals surface area contributed by atoms with Gasteiger partial charge in [0.2, 0.25) is 0 Å². The maximum atomic E-state index is 6.17. The van der Waals surface area contributed by atoms with Crippen LogP contribution in [-0.2, 0) is 11.2 Å². The van der Waals surface area contributed by atoms with Crippen molar-refractivity contribution in [2.24, 2.45) is 0 Å². The molecule has 0 bridgehead atoms. The Labute approximate surface area is 108 Å². The average molecular weight is 261 g/mol. The molecule has 3 heteroatoms. The molecule has 1 aromatic rings. The van der Waals surface area contributed by atoms with Crippen LogP contribution >= 0.6 is 23.2 Å². The zero-order valence-corrected chi connectivity index (χ0v) is 11.4. The molecule has 16 heavy (non-hydrogen) atoms. The molecule has 0 aliphatic rings. The van der Waals surface area contributed by atoms with E-state index in [1.54, 1.807) is 7.11 Å². The average Bonchev–Trinajstić information content (AvgIpc) is 2.20. The summed E-state index contributed by atoms with van der Waals surface area (Å²) in [4.78, 5) is 0. The molecule has 0 N–H and O–H groups in total. The summed E-state index contributed by atoms with van der Waals surface area (Å²) >= 11 is 12.3. The first-order valence-electron chi connectivity index (χ1n) is 5.58. The number of rotatable bonds is 6. The number of benzene rings is 1. The number of ether oxygens (including phenoxy) is 1. The highest BCUT2D eigenvalue weighted by Crippen LogP contribution is 2.27. The second kappa shape index (κ2) is 7.16. The van der Waals surface area contributed by atoms with Gasteiger partial charge < -0.3 is 4.74 Å². The van der Waals surface area contributed by atoms with Crippen molar-refractivity contribution in [2.45, 2.75) is 32.6 Å². The zero-order chi connectivity index (χ0) is 12.0. The Bertz CT molecular complexity index is 314. The van der Waals surface area contributed by atoms with Gasteiger partial charge in [0.1, 0.15) is 0 Å². The van der Waals surface area contributed by atoms with Crippen LogP contribution in [0.2, 0.25) is 10.0 Å². The number of aryl methyl sites for hydroxylation is 1. The second-order valence-corrected chi connectivity index (χ2v) is 4.82. The third-order valence-electron chi connectivity index (χ3n) is 2.56. The van der Waals surface area contributed by atoms with Crippen LogP contribution in [0, 0.1) is 6.92 Å².